The van der Waals surface area contributed by atoms with Gasteiger partial charge in [-0.3, -0.25) is 14.8 Å². The van der Waals surface area contributed by atoms with Crippen molar-refractivity contribution in [2.75, 3.05) is 38.7 Å². The molecular formula is C31H30N4O3. The number of nitrogens with zero attached hydrogens (tertiary/aromatic N) is 2. The molecule has 0 bridgehead atoms. The van der Waals surface area contributed by atoms with Crippen LogP contribution in [0.25, 0.3) is 23.1 Å². The molecule has 7 nitrogen and oxygen atoms in total. The van der Waals surface area contributed by atoms with Crippen LogP contribution in [0.2, 0.25) is 0 Å². The van der Waals surface area contributed by atoms with Gasteiger partial charge in [0.1, 0.15) is 5.75 Å². The number of benzene rings is 3. The third-order valence-corrected chi connectivity index (χ3v) is 8.26. The van der Waals surface area contributed by atoms with E-state index in [2.05, 4.69) is 75.0 Å². The molecule has 38 heavy (non-hydrogen) atoms. The highest BCUT2D eigenvalue weighted by atomic mass is 16.5. The van der Waals surface area contributed by atoms with Crippen molar-refractivity contribution < 1.29 is 14.3 Å². The number of nitrogens with one attached hydrogen (secondary N) is 2. The molecular weight excluding hydrogens is 476 g/mol. The van der Waals surface area contributed by atoms with Crippen LogP contribution in [0.5, 0.6) is 5.75 Å². The molecule has 1 aliphatic carbocycles. The van der Waals surface area contributed by atoms with Gasteiger partial charge < -0.3 is 14.8 Å². The Kier molecular flexibility index (Phi) is 5.56. The predicted molar refractivity (Wildman–Crippen MR) is 148 cm³/mol. The van der Waals surface area contributed by atoms with E-state index >= 15 is 0 Å². The number of morpholine rings is 1. The molecule has 1 spiro atoms. The van der Waals surface area contributed by atoms with Crippen molar-refractivity contribution in [1.82, 2.24) is 15.1 Å². The van der Waals surface area contributed by atoms with E-state index in [0.29, 0.717) is 0 Å². The second kappa shape index (κ2) is 9.11. The molecule has 7 rings (SSSR count). The smallest absolute Gasteiger partial charge is 0.235 e. The first-order valence-electron chi connectivity index (χ1n) is 13.2. The number of rotatable bonds is 6. The highest BCUT2D eigenvalue weighted by Gasteiger charge is 2.65. The minimum Gasteiger partial charge on any atom is -0.497 e. The number of carbonyl (C=O) groups is 1. The Labute approximate surface area is 221 Å². The van der Waals surface area contributed by atoms with Gasteiger partial charge in [-0.05, 0) is 59.0 Å². The Balaban J connectivity index is 1.08. The molecule has 1 amide bonds. The van der Waals surface area contributed by atoms with Crippen LogP contribution in [0.4, 0.5) is 5.69 Å². The van der Waals surface area contributed by atoms with Crippen LogP contribution in [0.3, 0.4) is 0 Å². The molecule has 1 saturated carbocycles. The van der Waals surface area contributed by atoms with Gasteiger partial charge in [-0.25, -0.2) is 0 Å². The molecule has 4 aromatic rings. The van der Waals surface area contributed by atoms with Crippen LogP contribution < -0.4 is 10.1 Å². The van der Waals surface area contributed by atoms with E-state index in [-0.39, 0.29) is 11.8 Å². The number of ether oxygens (including phenoxy) is 2. The average Bonchev–Trinajstić information content (AvgIpc) is 3.50. The number of aromatic nitrogens is 2. The molecule has 2 fully saturated rings. The Morgan fingerprint density at radius 2 is 1.92 bits per heavy atom. The number of amides is 1. The molecule has 2 unspecified atom stereocenters. The minimum absolute atomic E-state index is 0.0787. The van der Waals surface area contributed by atoms with Crippen LogP contribution >= 0.6 is 0 Å². The van der Waals surface area contributed by atoms with Crippen molar-refractivity contribution >= 4 is 34.6 Å². The van der Waals surface area contributed by atoms with Crippen molar-refractivity contribution in [2.24, 2.45) is 0 Å². The first kappa shape index (κ1) is 23.2. The zero-order chi connectivity index (χ0) is 25.7. The Morgan fingerprint density at radius 1 is 1.08 bits per heavy atom. The van der Waals surface area contributed by atoms with E-state index in [4.69, 9.17) is 9.47 Å². The number of carbonyl (C=O) groups excluding carboxylic acids is 1. The van der Waals surface area contributed by atoms with E-state index in [1.807, 2.05) is 18.2 Å². The second-order valence-corrected chi connectivity index (χ2v) is 10.5. The number of methoxy groups -OCH3 is 1. The first-order chi connectivity index (χ1) is 18.6. The molecule has 3 heterocycles. The lowest BCUT2D eigenvalue weighted by Gasteiger charge is -2.26. The molecule has 0 radical (unpaired) electrons. The predicted octanol–water partition coefficient (Wildman–Crippen LogP) is 4.95. The van der Waals surface area contributed by atoms with Crippen molar-refractivity contribution in [2.45, 2.75) is 24.3 Å². The van der Waals surface area contributed by atoms with Gasteiger partial charge in [0.25, 0.3) is 0 Å². The maximum atomic E-state index is 13.0. The highest BCUT2D eigenvalue weighted by Crippen LogP contribution is 2.65. The van der Waals surface area contributed by atoms with Gasteiger partial charge in [0.15, 0.2) is 0 Å². The lowest BCUT2D eigenvalue weighted by Crippen LogP contribution is -2.35. The summed E-state index contributed by atoms with van der Waals surface area (Å²) >= 11 is 0. The zero-order valence-electron chi connectivity index (χ0n) is 21.4. The fraction of sp³-hybridized carbons (Fsp3) is 0.290. The van der Waals surface area contributed by atoms with Crippen molar-refractivity contribution in [3.8, 4) is 5.75 Å². The molecule has 1 aromatic heterocycles. The molecule has 2 N–H and O–H groups in total. The molecule has 7 heteroatoms. The van der Waals surface area contributed by atoms with E-state index in [0.717, 1.165) is 84.0 Å². The number of hydrogen-bond donors (Lipinski definition) is 2. The van der Waals surface area contributed by atoms with Gasteiger partial charge in [0.2, 0.25) is 5.91 Å². The number of fused-ring (bicyclic) bond motifs is 3. The summed E-state index contributed by atoms with van der Waals surface area (Å²) in [6.07, 6.45) is 4.96. The van der Waals surface area contributed by atoms with Gasteiger partial charge in [-0.2, -0.15) is 5.10 Å². The lowest BCUT2D eigenvalue weighted by atomic mass is 9.91. The fourth-order valence-corrected chi connectivity index (χ4v) is 6.03. The van der Waals surface area contributed by atoms with Crippen LogP contribution in [-0.2, 0) is 21.5 Å². The fourth-order valence-electron chi connectivity index (χ4n) is 6.03. The van der Waals surface area contributed by atoms with Crippen LogP contribution in [0.15, 0.2) is 60.7 Å². The summed E-state index contributed by atoms with van der Waals surface area (Å²) < 4.78 is 10.9. The maximum absolute atomic E-state index is 13.0. The molecule has 1 saturated heterocycles. The van der Waals surface area contributed by atoms with E-state index in [1.54, 1.807) is 7.11 Å². The van der Waals surface area contributed by atoms with E-state index in [9.17, 15) is 4.79 Å². The number of aromatic amines is 1. The molecule has 3 aliphatic rings. The monoisotopic (exact) mass is 506 g/mol. The summed E-state index contributed by atoms with van der Waals surface area (Å²) in [5.41, 5.74) is 6.92. The van der Waals surface area contributed by atoms with Crippen LogP contribution in [-0.4, -0.2) is 54.4 Å². The molecule has 192 valence electrons. The quantitative estimate of drug-likeness (QED) is 0.387. The number of H-pyrrole nitrogens is 1. The van der Waals surface area contributed by atoms with Gasteiger partial charge in [0.05, 0.1) is 36.9 Å². The Hall–Kier alpha value is -3.94. The number of hydrogen-bond acceptors (Lipinski definition) is 5. The van der Waals surface area contributed by atoms with Gasteiger partial charge in [0, 0.05) is 36.6 Å². The highest BCUT2D eigenvalue weighted by molar-refractivity contribution is 6.10. The molecule has 3 aromatic carbocycles. The molecule has 2 atom stereocenters. The lowest BCUT2D eigenvalue weighted by molar-refractivity contribution is -0.118. The molecule has 2 aliphatic heterocycles. The average molecular weight is 507 g/mol. The topological polar surface area (TPSA) is 79.5 Å². The Morgan fingerprint density at radius 3 is 2.74 bits per heavy atom. The largest absolute Gasteiger partial charge is 0.497 e. The third-order valence-electron chi connectivity index (χ3n) is 8.26. The summed E-state index contributed by atoms with van der Waals surface area (Å²) in [7, 11) is 1.66. The number of anilines is 1. The van der Waals surface area contributed by atoms with Crippen LogP contribution in [0, 0.1) is 0 Å². The summed E-state index contributed by atoms with van der Waals surface area (Å²) in [5, 5.41) is 11.9. The normalized spacial score (nSPS) is 22.8. The first-order valence-corrected chi connectivity index (χ1v) is 13.2. The third kappa shape index (κ3) is 3.90. The van der Waals surface area contributed by atoms with Gasteiger partial charge in [-0.15, -0.1) is 0 Å². The van der Waals surface area contributed by atoms with Crippen molar-refractivity contribution in [3.63, 3.8) is 0 Å². The van der Waals surface area contributed by atoms with Crippen LogP contribution in [0.1, 0.15) is 40.3 Å². The SMILES string of the molecule is COc1ccc2c(c1)C1(CC1c1ccc3c(/C=C/c4ccc(CN5CCOCC5)cc4)n[nH]c3c1)C(=O)N2. The van der Waals surface area contributed by atoms with Gasteiger partial charge >= 0.3 is 0 Å². The summed E-state index contributed by atoms with van der Waals surface area (Å²) in [4.78, 5) is 15.4. The zero-order valence-corrected chi connectivity index (χ0v) is 21.4. The van der Waals surface area contributed by atoms with Gasteiger partial charge in [-0.1, -0.05) is 42.5 Å². The summed E-state index contributed by atoms with van der Waals surface area (Å²) in [6, 6.07) is 20.9. The summed E-state index contributed by atoms with van der Waals surface area (Å²) in [5.74, 6) is 0.992. The van der Waals surface area contributed by atoms with Crippen molar-refractivity contribution in [1.29, 1.82) is 0 Å². The summed E-state index contributed by atoms with van der Waals surface area (Å²) in [6.45, 7) is 4.59. The Bertz CT molecular complexity index is 1550. The second-order valence-electron chi connectivity index (χ2n) is 10.5. The van der Waals surface area contributed by atoms with Crippen molar-refractivity contribution in [3.05, 3.63) is 88.6 Å². The van der Waals surface area contributed by atoms with E-state index < -0.39 is 5.41 Å². The standard InChI is InChI=1S/C31H30N4O3/c1-37-23-8-11-28-25(17-23)31(30(36)32-28)18-26(31)22-7-9-24-27(33-34-29(24)16-22)10-6-20-2-4-21(5-3-20)19-35-12-14-38-15-13-35/h2-11,16-17,26H,12-15,18-19H2,1H3,(H,32,36)(H,33,34)/b10-6+. The van der Waals surface area contributed by atoms with E-state index in [1.165, 1.54) is 5.56 Å². The maximum Gasteiger partial charge on any atom is 0.235 e. The minimum atomic E-state index is -0.506.